The van der Waals surface area contributed by atoms with Crippen LogP contribution in [0, 0.1) is 0 Å². The average molecular weight is 362 g/mol. The molecule has 1 aliphatic rings. The van der Waals surface area contributed by atoms with Crippen LogP contribution in [-0.2, 0) is 18.2 Å². The summed E-state index contributed by atoms with van der Waals surface area (Å²) in [5, 5.41) is 4.09. The molecule has 1 fully saturated rings. The van der Waals surface area contributed by atoms with E-state index in [1.807, 2.05) is 41.3 Å². The first kappa shape index (κ1) is 17.4. The lowest BCUT2D eigenvalue weighted by molar-refractivity contribution is -0.0248. The van der Waals surface area contributed by atoms with Crippen molar-refractivity contribution >= 4 is 5.91 Å². The second-order valence-electron chi connectivity index (χ2n) is 6.73. The number of carbonyl (C=O) groups is 1. The summed E-state index contributed by atoms with van der Waals surface area (Å²) in [6.45, 7) is 1.57. The van der Waals surface area contributed by atoms with Crippen molar-refractivity contribution in [1.82, 2.24) is 19.7 Å². The van der Waals surface area contributed by atoms with Gasteiger partial charge < -0.3 is 9.64 Å². The first-order valence-electron chi connectivity index (χ1n) is 9.08. The van der Waals surface area contributed by atoms with Crippen LogP contribution in [0.2, 0.25) is 0 Å². The number of amides is 1. The molecule has 1 aliphatic heterocycles. The molecule has 0 N–H and O–H groups in total. The van der Waals surface area contributed by atoms with E-state index in [4.69, 9.17) is 9.72 Å². The second kappa shape index (κ2) is 7.72. The van der Waals surface area contributed by atoms with Gasteiger partial charge in [0.2, 0.25) is 0 Å². The van der Waals surface area contributed by atoms with E-state index in [1.165, 1.54) is 5.56 Å². The number of pyridine rings is 1. The zero-order valence-corrected chi connectivity index (χ0v) is 15.3. The quantitative estimate of drug-likeness (QED) is 0.716. The zero-order chi connectivity index (χ0) is 18.6. The third-order valence-electron chi connectivity index (χ3n) is 4.69. The number of rotatable bonds is 4. The largest absolute Gasteiger partial charge is 0.368 e. The predicted molar refractivity (Wildman–Crippen MR) is 101 cm³/mol. The van der Waals surface area contributed by atoms with Crippen LogP contribution in [0.5, 0.6) is 0 Å². The Morgan fingerprint density at radius 2 is 2.04 bits per heavy atom. The highest BCUT2D eigenvalue weighted by Crippen LogP contribution is 2.22. The highest BCUT2D eigenvalue weighted by Gasteiger charge is 2.27. The van der Waals surface area contributed by atoms with E-state index in [1.54, 1.807) is 24.1 Å². The summed E-state index contributed by atoms with van der Waals surface area (Å²) in [7, 11) is 1.81. The molecule has 0 spiro atoms. The van der Waals surface area contributed by atoms with Crippen molar-refractivity contribution in [1.29, 1.82) is 0 Å². The summed E-state index contributed by atoms with van der Waals surface area (Å²) in [5.41, 5.74) is 3.69. The van der Waals surface area contributed by atoms with Crippen molar-refractivity contribution in [3.8, 4) is 0 Å². The molecular weight excluding hydrogens is 340 g/mol. The minimum atomic E-state index is -0.213. The summed E-state index contributed by atoms with van der Waals surface area (Å²) >= 11 is 0. The highest BCUT2D eigenvalue weighted by atomic mass is 16.5. The number of nitrogens with zero attached hydrogens (tertiary/aromatic N) is 4. The van der Waals surface area contributed by atoms with E-state index in [2.05, 4.69) is 17.2 Å². The van der Waals surface area contributed by atoms with Gasteiger partial charge in [0.1, 0.15) is 6.10 Å². The SMILES string of the molecule is Cn1cc(C(=O)N2CCOC(c3cccc(Cc4ccccc4)n3)C2)cn1. The number of ether oxygens (including phenoxy) is 1. The Morgan fingerprint density at radius 3 is 2.81 bits per heavy atom. The maximum Gasteiger partial charge on any atom is 0.257 e. The molecule has 1 atom stereocenters. The van der Waals surface area contributed by atoms with Gasteiger partial charge in [-0.15, -0.1) is 0 Å². The molecule has 6 heteroatoms. The van der Waals surface area contributed by atoms with Crippen molar-refractivity contribution in [3.63, 3.8) is 0 Å². The van der Waals surface area contributed by atoms with Crippen LogP contribution in [0.4, 0.5) is 0 Å². The van der Waals surface area contributed by atoms with Gasteiger partial charge in [-0.3, -0.25) is 14.5 Å². The average Bonchev–Trinajstić information content (AvgIpc) is 3.15. The van der Waals surface area contributed by atoms with E-state index in [-0.39, 0.29) is 12.0 Å². The molecule has 27 heavy (non-hydrogen) atoms. The normalized spacial score (nSPS) is 17.1. The van der Waals surface area contributed by atoms with Crippen molar-refractivity contribution < 1.29 is 9.53 Å². The van der Waals surface area contributed by atoms with E-state index < -0.39 is 0 Å². The Hall–Kier alpha value is -2.99. The Bertz CT molecular complexity index is 923. The van der Waals surface area contributed by atoms with Crippen LogP contribution in [0.25, 0.3) is 0 Å². The second-order valence-corrected chi connectivity index (χ2v) is 6.73. The Kier molecular flexibility index (Phi) is 4.98. The van der Waals surface area contributed by atoms with Crippen LogP contribution >= 0.6 is 0 Å². The molecule has 6 nitrogen and oxygen atoms in total. The van der Waals surface area contributed by atoms with Crippen LogP contribution in [-0.4, -0.2) is 45.3 Å². The van der Waals surface area contributed by atoms with Gasteiger partial charge >= 0.3 is 0 Å². The molecule has 1 unspecified atom stereocenters. The fourth-order valence-corrected chi connectivity index (χ4v) is 3.31. The molecule has 1 saturated heterocycles. The van der Waals surface area contributed by atoms with Gasteiger partial charge in [-0.2, -0.15) is 5.10 Å². The van der Waals surface area contributed by atoms with Crippen LogP contribution in [0.15, 0.2) is 60.9 Å². The number of morpholine rings is 1. The summed E-state index contributed by atoms with van der Waals surface area (Å²) in [4.78, 5) is 19.3. The number of hydrogen-bond acceptors (Lipinski definition) is 4. The number of aryl methyl sites for hydroxylation is 1. The van der Waals surface area contributed by atoms with E-state index >= 15 is 0 Å². The molecule has 3 heterocycles. The topological polar surface area (TPSA) is 60.2 Å². The van der Waals surface area contributed by atoms with Gasteiger partial charge in [0.15, 0.2) is 0 Å². The molecule has 0 radical (unpaired) electrons. The molecule has 3 aromatic rings. The Labute approximate surface area is 158 Å². The number of aromatic nitrogens is 3. The standard InChI is InChI=1S/C21H22N4O2/c1-24-14-17(13-22-24)21(26)25-10-11-27-20(15-25)19-9-5-8-18(23-19)12-16-6-3-2-4-7-16/h2-9,13-14,20H,10-12,15H2,1H3. The predicted octanol–water partition coefficient (Wildman–Crippen LogP) is 2.62. The van der Waals surface area contributed by atoms with Gasteiger partial charge in [0.05, 0.1) is 30.6 Å². The van der Waals surface area contributed by atoms with Crippen molar-refractivity contribution in [2.24, 2.45) is 7.05 Å². The van der Waals surface area contributed by atoms with Crippen LogP contribution < -0.4 is 0 Å². The molecule has 0 saturated carbocycles. The fraction of sp³-hybridized carbons (Fsp3) is 0.286. The molecule has 4 rings (SSSR count). The molecule has 2 aromatic heterocycles. The number of hydrogen-bond donors (Lipinski definition) is 0. The van der Waals surface area contributed by atoms with Crippen molar-refractivity contribution in [2.45, 2.75) is 12.5 Å². The third-order valence-corrected chi connectivity index (χ3v) is 4.69. The van der Waals surface area contributed by atoms with E-state index in [0.717, 1.165) is 17.8 Å². The lowest BCUT2D eigenvalue weighted by Crippen LogP contribution is -2.42. The number of benzene rings is 1. The molecular formula is C21H22N4O2. The summed E-state index contributed by atoms with van der Waals surface area (Å²) in [6.07, 6.45) is 3.91. The molecule has 0 aliphatic carbocycles. The molecule has 1 amide bonds. The van der Waals surface area contributed by atoms with E-state index in [0.29, 0.717) is 25.3 Å². The maximum absolute atomic E-state index is 12.7. The lowest BCUT2D eigenvalue weighted by atomic mass is 10.1. The van der Waals surface area contributed by atoms with Gasteiger partial charge in [-0.25, -0.2) is 0 Å². The van der Waals surface area contributed by atoms with Crippen molar-refractivity contribution in [2.75, 3.05) is 19.7 Å². The zero-order valence-electron chi connectivity index (χ0n) is 15.3. The minimum Gasteiger partial charge on any atom is -0.368 e. The molecule has 138 valence electrons. The first-order valence-corrected chi connectivity index (χ1v) is 9.08. The van der Waals surface area contributed by atoms with Gasteiger partial charge in [-0.1, -0.05) is 36.4 Å². The van der Waals surface area contributed by atoms with Gasteiger partial charge in [0.25, 0.3) is 5.91 Å². The lowest BCUT2D eigenvalue weighted by Gasteiger charge is -2.32. The first-order chi connectivity index (χ1) is 13.2. The summed E-state index contributed by atoms with van der Waals surface area (Å²) < 4.78 is 7.55. The number of carbonyl (C=O) groups excluding carboxylic acids is 1. The third kappa shape index (κ3) is 4.06. The Morgan fingerprint density at radius 1 is 1.19 bits per heavy atom. The van der Waals surface area contributed by atoms with Crippen molar-refractivity contribution in [3.05, 3.63) is 83.4 Å². The fourth-order valence-electron chi connectivity index (χ4n) is 3.31. The van der Waals surface area contributed by atoms with Gasteiger partial charge in [0, 0.05) is 31.9 Å². The van der Waals surface area contributed by atoms with E-state index in [9.17, 15) is 4.79 Å². The maximum atomic E-state index is 12.7. The monoisotopic (exact) mass is 362 g/mol. The smallest absolute Gasteiger partial charge is 0.257 e. The Balaban J connectivity index is 1.48. The molecule has 1 aromatic carbocycles. The summed E-state index contributed by atoms with van der Waals surface area (Å²) in [6, 6.07) is 16.3. The van der Waals surface area contributed by atoms with Crippen LogP contribution in [0.1, 0.15) is 33.4 Å². The van der Waals surface area contributed by atoms with Gasteiger partial charge in [-0.05, 0) is 17.7 Å². The highest BCUT2D eigenvalue weighted by molar-refractivity contribution is 5.93. The summed E-state index contributed by atoms with van der Waals surface area (Å²) in [5.74, 6) is -0.0168. The van der Waals surface area contributed by atoms with Crippen LogP contribution in [0.3, 0.4) is 0 Å². The molecule has 0 bridgehead atoms. The minimum absolute atomic E-state index is 0.0168.